The van der Waals surface area contributed by atoms with Gasteiger partial charge < -0.3 is 53.2 Å². The fraction of sp³-hybridized carbons (Fsp3) is 0.595. The van der Waals surface area contributed by atoms with Gasteiger partial charge in [0.05, 0.1) is 0 Å². The average molecular weight is 777 g/mol. The number of likely N-dealkylation sites (tertiary alicyclic amines) is 1. The van der Waals surface area contributed by atoms with Crippen LogP contribution in [0.15, 0.2) is 67.0 Å². The molecule has 14 nitrogen and oxygen atoms in total. The smallest absolute Gasteiger partial charge is 0.410 e. The van der Waals surface area contributed by atoms with E-state index in [0.717, 1.165) is 37.2 Å². The average Bonchev–Trinajstić information content (AvgIpc) is 3.64. The van der Waals surface area contributed by atoms with E-state index >= 15 is 0 Å². The van der Waals surface area contributed by atoms with Gasteiger partial charge in [0.2, 0.25) is 11.8 Å². The molecule has 1 amide bonds. The van der Waals surface area contributed by atoms with Crippen molar-refractivity contribution in [2.45, 2.75) is 96.7 Å². The summed E-state index contributed by atoms with van der Waals surface area (Å²) in [7, 11) is 0. The van der Waals surface area contributed by atoms with E-state index in [1.54, 1.807) is 6.20 Å². The van der Waals surface area contributed by atoms with Crippen LogP contribution < -0.4 is 24.6 Å². The van der Waals surface area contributed by atoms with Crippen molar-refractivity contribution < 1.29 is 38.0 Å². The van der Waals surface area contributed by atoms with Crippen LogP contribution in [-0.2, 0) is 30.3 Å². The lowest BCUT2D eigenvalue weighted by Gasteiger charge is -2.42. The number of benzene rings is 1. The Kier molecular flexibility index (Phi) is 15.8. The number of carbonyl (C=O) groups is 1. The van der Waals surface area contributed by atoms with Gasteiger partial charge in [-0.1, -0.05) is 30.3 Å². The number of ether oxygens (including phenoxy) is 7. The van der Waals surface area contributed by atoms with Crippen LogP contribution in [0.5, 0.6) is 11.8 Å². The Hall–Kier alpha value is -4.21. The molecule has 3 aromatic rings. The Morgan fingerprint density at radius 2 is 1.14 bits per heavy atom. The van der Waals surface area contributed by atoms with Crippen LogP contribution in [-0.4, -0.2) is 124 Å². The SMILES string of the molecule is CCOC(COc1cc(N2C3CCC2CN(C(=O)OCc2ccccc2)C3)ccn1)OCC.CCOC(COc1cc(N2C3CCC2CNC3)ccn1)OCC. The minimum Gasteiger partial charge on any atom is -0.472 e. The number of hydrogen-bond acceptors (Lipinski definition) is 13. The molecule has 14 heteroatoms. The summed E-state index contributed by atoms with van der Waals surface area (Å²) in [5, 5.41) is 3.51. The summed E-state index contributed by atoms with van der Waals surface area (Å²) in [4.78, 5) is 28.1. The monoisotopic (exact) mass is 776 g/mol. The Bertz CT molecular complexity index is 1580. The van der Waals surface area contributed by atoms with Gasteiger partial charge in [-0.2, -0.15) is 0 Å². The van der Waals surface area contributed by atoms with E-state index in [4.69, 9.17) is 33.2 Å². The first-order chi connectivity index (χ1) is 27.5. The molecular formula is C42H60N6O8. The van der Waals surface area contributed by atoms with E-state index in [1.165, 1.54) is 18.5 Å². The quantitative estimate of drug-likeness (QED) is 0.160. The van der Waals surface area contributed by atoms with Gasteiger partial charge in [-0.25, -0.2) is 14.8 Å². The summed E-state index contributed by atoms with van der Waals surface area (Å²) in [6, 6.07) is 19.5. The highest BCUT2D eigenvalue weighted by Gasteiger charge is 2.42. The standard InChI is InChI=1S/C25H33N3O5.C17H27N3O3/c1-3-30-24(31-4-2)18-32-23-14-20(12-13-26-23)28-21-10-11-22(28)16-27(15-21)25(29)33-17-19-8-6-5-7-9-19;1-3-21-17(22-4-2)12-23-16-9-13(7-8-19-16)20-14-5-6-15(20)11-18-10-14/h5-9,12-14,21-22,24H,3-4,10-11,15-18H2,1-2H3;7-9,14-15,17-18H,3-6,10-12H2,1-2H3. The van der Waals surface area contributed by atoms with Crippen LogP contribution >= 0.6 is 0 Å². The van der Waals surface area contributed by atoms with Gasteiger partial charge in [-0.15, -0.1) is 0 Å². The maximum atomic E-state index is 12.7. The molecule has 0 saturated carbocycles. The molecule has 4 unspecified atom stereocenters. The number of fused-ring (bicyclic) bond motifs is 4. The second-order valence-electron chi connectivity index (χ2n) is 14.2. The second-order valence-corrected chi connectivity index (χ2v) is 14.2. The predicted molar refractivity (Wildman–Crippen MR) is 213 cm³/mol. The Morgan fingerprint density at radius 3 is 1.62 bits per heavy atom. The molecule has 4 atom stereocenters. The number of piperazine rings is 2. The van der Waals surface area contributed by atoms with Gasteiger partial charge in [0.25, 0.3) is 0 Å². The third-order valence-electron chi connectivity index (χ3n) is 10.5. The molecule has 4 saturated heterocycles. The van der Waals surface area contributed by atoms with Gasteiger partial charge in [-0.3, -0.25) is 0 Å². The molecule has 0 radical (unpaired) electrons. The number of nitrogens with one attached hydrogen (secondary N) is 1. The van der Waals surface area contributed by atoms with E-state index < -0.39 is 6.29 Å². The summed E-state index contributed by atoms with van der Waals surface area (Å²) in [5.41, 5.74) is 3.26. The van der Waals surface area contributed by atoms with E-state index in [2.05, 4.69) is 31.2 Å². The van der Waals surface area contributed by atoms with Gasteiger partial charge in [0, 0.05) is 113 Å². The van der Waals surface area contributed by atoms with E-state index in [-0.39, 0.29) is 31.1 Å². The zero-order valence-electron chi connectivity index (χ0n) is 33.4. The molecule has 1 aromatic carbocycles. The number of aromatic nitrogens is 2. The number of pyridine rings is 2. The van der Waals surface area contributed by atoms with E-state index in [1.807, 2.05) is 87.3 Å². The molecule has 0 spiro atoms. The number of hydrogen-bond donors (Lipinski definition) is 1. The highest BCUT2D eigenvalue weighted by Crippen LogP contribution is 2.36. The first-order valence-electron chi connectivity index (χ1n) is 20.4. The normalized spacial score (nSPS) is 21.3. The Morgan fingerprint density at radius 1 is 0.679 bits per heavy atom. The van der Waals surface area contributed by atoms with Crippen molar-refractivity contribution in [3.8, 4) is 11.8 Å². The number of anilines is 2. The van der Waals surface area contributed by atoms with E-state index in [0.29, 0.717) is 76.6 Å². The molecule has 1 N–H and O–H groups in total. The third-order valence-corrected chi connectivity index (χ3v) is 10.5. The lowest BCUT2D eigenvalue weighted by Crippen LogP contribution is -2.55. The Labute approximate surface area is 331 Å². The highest BCUT2D eigenvalue weighted by atomic mass is 16.7. The summed E-state index contributed by atoms with van der Waals surface area (Å²) in [6.07, 6.45) is 7.19. The number of carbonyl (C=O) groups excluding carboxylic acids is 1. The van der Waals surface area contributed by atoms with Crippen molar-refractivity contribution in [1.29, 1.82) is 0 Å². The summed E-state index contributed by atoms with van der Waals surface area (Å²) in [5.74, 6) is 1.17. The van der Waals surface area contributed by atoms with Crippen LogP contribution in [0.4, 0.5) is 16.2 Å². The fourth-order valence-electron chi connectivity index (χ4n) is 8.10. The largest absolute Gasteiger partial charge is 0.472 e. The highest BCUT2D eigenvalue weighted by molar-refractivity contribution is 5.69. The van der Waals surface area contributed by atoms with Crippen LogP contribution in [0.1, 0.15) is 58.9 Å². The molecule has 306 valence electrons. The van der Waals surface area contributed by atoms with Crippen LogP contribution in [0.25, 0.3) is 0 Å². The van der Waals surface area contributed by atoms with E-state index in [9.17, 15) is 4.79 Å². The summed E-state index contributed by atoms with van der Waals surface area (Å²) < 4.78 is 39.3. The predicted octanol–water partition coefficient (Wildman–Crippen LogP) is 5.65. The molecule has 4 aliphatic rings. The van der Waals surface area contributed by atoms with Gasteiger partial charge in [0.15, 0.2) is 12.6 Å². The summed E-state index contributed by atoms with van der Waals surface area (Å²) in [6.45, 7) is 14.4. The second kappa shape index (κ2) is 21.4. The van der Waals surface area contributed by atoms with Crippen molar-refractivity contribution in [3.05, 3.63) is 72.6 Å². The minimum atomic E-state index is -0.410. The van der Waals surface area contributed by atoms with Crippen LogP contribution in [0.3, 0.4) is 0 Å². The lowest BCUT2D eigenvalue weighted by atomic mass is 10.1. The molecule has 6 heterocycles. The molecule has 2 aromatic heterocycles. The molecule has 56 heavy (non-hydrogen) atoms. The maximum absolute atomic E-state index is 12.7. The van der Waals surface area contributed by atoms with Crippen molar-refractivity contribution in [2.24, 2.45) is 0 Å². The fourth-order valence-corrected chi connectivity index (χ4v) is 8.10. The van der Waals surface area contributed by atoms with Crippen molar-refractivity contribution in [1.82, 2.24) is 20.2 Å². The zero-order valence-corrected chi connectivity index (χ0v) is 33.4. The van der Waals surface area contributed by atoms with Gasteiger partial charge >= 0.3 is 6.09 Å². The first-order valence-corrected chi connectivity index (χ1v) is 20.4. The molecule has 0 aliphatic carbocycles. The number of rotatable bonds is 18. The number of nitrogens with zero attached hydrogens (tertiary/aromatic N) is 5. The third kappa shape index (κ3) is 11.2. The molecule has 4 aliphatic heterocycles. The van der Waals surface area contributed by atoms with Crippen LogP contribution in [0, 0.1) is 0 Å². The van der Waals surface area contributed by atoms with Crippen molar-refractivity contribution in [3.63, 3.8) is 0 Å². The number of amides is 1. The first kappa shape index (κ1) is 41.4. The maximum Gasteiger partial charge on any atom is 0.410 e. The lowest BCUT2D eigenvalue weighted by molar-refractivity contribution is -0.152. The molecule has 7 rings (SSSR count). The molecular weight excluding hydrogens is 716 g/mol. The van der Waals surface area contributed by atoms with Gasteiger partial charge in [-0.05, 0) is 71.1 Å². The zero-order chi connectivity index (χ0) is 39.1. The topological polar surface area (TPSA) is 129 Å². The molecule has 4 bridgehead atoms. The van der Waals surface area contributed by atoms with Crippen molar-refractivity contribution in [2.75, 3.05) is 75.6 Å². The van der Waals surface area contributed by atoms with Gasteiger partial charge in [0.1, 0.15) is 19.8 Å². The van der Waals surface area contributed by atoms with Crippen molar-refractivity contribution >= 4 is 17.5 Å². The Balaban J connectivity index is 0.000000202. The van der Waals surface area contributed by atoms with Crippen LogP contribution in [0.2, 0.25) is 0 Å². The minimum absolute atomic E-state index is 0.243. The summed E-state index contributed by atoms with van der Waals surface area (Å²) >= 11 is 0. The molecule has 4 fully saturated rings.